The minimum Gasteiger partial charge on any atom is -0.481 e. The minimum atomic E-state index is -0.717. The number of carboxylic acids is 1. The third kappa shape index (κ3) is 2.80. The second-order valence-electron chi connectivity index (χ2n) is 5.72. The van der Waals surface area contributed by atoms with E-state index in [9.17, 15) is 4.79 Å². The standard InChI is InChI=1S/C16H21NO3/c18-16(19)10-12-11-17(8-7-13-4-3-9-20-13)15-6-2-1-5-14(12)15/h1-2,5-6,12-13H,3-4,7-11H2,(H,18,19). The third-order valence-corrected chi connectivity index (χ3v) is 4.32. The van der Waals surface area contributed by atoms with Crippen molar-refractivity contribution in [1.29, 1.82) is 0 Å². The van der Waals surface area contributed by atoms with Gasteiger partial charge in [0.2, 0.25) is 0 Å². The summed E-state index contributed by atoms with van der Waals surface area (Å²) in [6, 6.07) is 8.19. The van der Waals surface area contributed by atoms with E-state index in [1.54, 1.807) is 0 Å². The Morgan fingerprint density at radius 2 is 2.25 bits per heavy atom. The molecule has 4 nitrogen and oxygen atoms in total. The van der Waals surface area contributed by atoms with Gasteiger partial charge in [-0.25, -0.2) is 0 Å². The van der Waals surface area contributed by atoms with Crippen molar-refractivity contribution < 1.29 is 14.6 Å². The molecule has 2 heterocycles. The van der Waals surface area contributed by atoms with Crippen molar-refractivity contribution in [3.05, 3.63) is 29.8 Å². The zero-order valence-corrected chi connectivity index (χ0v) is 11.6. The van der Waals surface area contributed by atoms with Crippen molar-refractivity contribution >= 4 is 11.7 Å². The lowest BCUT2D eigenvalue weighted by atomic mass is 9.98. The Bertz CT molecular complexity index is 482. The highest BCUT2D eigenvalue weighted by Gasteiger charge is 2.30. The molecule has 2 aliphatic rings. The van der Waals surface area contributed by atoms with Gasteiger partial charge in [-0.2, -0.15) is 0 Å². The zero-order valence-electron chi connectivity index (χ0n) is 11.6. The number of para-hydroxylation sites is 1. The number of hydrogen-bond acceptors (Lipinski definition) is 3. The van der Waals surface area contributed by atoms with Crippen molar-refractivity contribution in [2.24, 2.45) is 0 Å². The molecule has 3 rings (SSSR count). The maximum Gasteiger partial charge on any atom is 0.304 e. The van der Waals surface area contributed by atoms with E-state index in [1.165, 1.54) is 17.7 Å². The van der Waals surface area contributed by atoms with Gasteiger partial charge in [0.25, 0.3) is 0 Å². The number of rotatable bonds is 5. The summed E-state index contributed by atoms with van der Waals surface area (Å²) in [5.41, 5.74) is 2.39. The normalized spacial score (nSPS) is 24.9. The summed E-state index contributed by atoms with van der Waals surface area (Å²) >= 11 is 0. The second kappa shape index (κ2) is 5.83. The molecule has 0 radical (unpaired) electrons. The van der Waals surface area contributed by atoms with Crippen LogP contribution in [0.2, 0.25) is 0 Å². The van der Waals surface area contributed by atoms with Gasteiger partial charge >= 0.3 is 5.97 Å². The Morgan fingerprint density at radius 1 is 1.40 bits per heavy atom. The summed E-state index contributed by atoms with van der Waals surface area (Å²) in [5.74, 6) is -0.598. The predicted molar refractivity (Wildman–Crippen MR) is 77.2 cm³/mol. The van der Waals surface area contributed by atoms with Crippen molar-refractivity contribution in [2.75, 3.05) is 24.6 Å². The van der Waals surface area contributed by atoms with E-state index >= 15 is 0 Å². The van der Waals surface area contributed by atoms with Crippen molar-refractivity contribution in [3.63, 3.8) is 0 Å². The lowest BCUT2D eigenvalue weighted by molar-refractivity contribution is -0.137. The number of benzene rings is 1. The molecule has 0 spiro atoms. The highest BCUT2D eigenvalue weighted by Crippen LogP contribution is 2.38. The summed E-state index contributed by atoms with van der Waals surface area (Å²) in [5, 5.41) is 9.05. The summed E-state index contributed by atoms with van der Waals surface area (Å²) in [7, 11) is 0. The molecule has 0 aliphatic carbocycles. The number of ether oxygens (including phenoxy) is 1. The van der Waals surface area contributed by atoms with E-state index in [-0.39, 0.29) is 12.3 Å². The molecule has 1 N–H and O–H groups in total. The molecule has 0 aromatic heterocycles. The lowest BCUT2D eigenvalue weighted by Gasteiger charge is -2.21. The quantitative estimate of drug-likeness (QED) is 0.897. The first-order chi connectivity index (χ1) is 9.74. The Labute approximate surface area is 119 Å². The molecule has 1 fully saturated rings. The van der Waals surface area contributed by atoms with E-state index in [1.807, 2.05) is 12.1 Å². The Balaban J connectivity index is 1.67. The van der Waals surface area contributed by atoms with E-state index < -0.39 is 5.97 Å². The van der Waals surface area contributed by atoms with E-state index in [2.05, 4.69) is 17.0 Å². The van der Waals surface area contributed by atoms with E-state index in [0.29, 0.717) is 6.10 Å². The van der Waals surface area contributed by atoms with Crippen LogP contribution in [0.1, 0.15) is 37.2 Å². The number of anilines is 1. The average molecular weight is 275 g/mol. The molecular formula is C16H21NO3. The van der Waals surface area contributed by atoms with Gasteiger partial charge < -0.3 is 14.7 Å². The smallest absolute Gasteiger partial charge is 0.304 e. The van der Waals surface area contributed by atoms with Crippen LogP contribution < -0.4 is 4.90 Å². The zero-order chi connectivity index (χ0) is 13.9. The van der Waals surface area contributed by atoms with Crippen molar-refractivity contribution in [3.8, 4) is 0 Å². The highest BCUT2D eigenvalue weighted by atomic mass is 16.5. The molecule has 2 unspecified atom stereocenters. The topological polar surface area (TPSA) is 49.8 Å². The highest BCUT2D eigenvalue weighted by molar-refractivity contribution is 5.71. The fraction of sp³-hybridized carbons (Fsp3) is 0.562. The van der Waals surface area contributed by atoms with Crippen LogP contribution in [-0.2, 0) is 9.53 Å². The third-order valence-electron chi connectivity index (χ3n) is 4.32. The largest absolute Gasteiger partial charge is 0.481 e. The predicted octanol–water partition coefficient (Wildman–Crippen LogP) is 2.63. The molecule has 0 bridgehead atoms. The van der Waals surface area contributed by atoms with Crippen LogP contribution in [0, 0.1) is 0 Å². The number of carboxylic acid groups (broad SMARTS) is 1. The van der Waals surface area contributed by atoms with Gasteiger partial charge in [0, 0.05) is 31.3 Å². The van der Waals surface area contributed by atoms with Gasteiger partial charge in [-0.15, -0.1) is 0 Å². The second-order valence-corrected chi connectivity index (χ2v) is 5.72. The van der Waals surface area contributed by atoms with Gasteiger partial charge in [0.05, 0.1) is 12.5 Å². The van der Waals surface area contributed by atoms with Gasteiger partial charge in [-0.05, 0) is 30.9 Å². The molecule has 1 aromatic carbocycles. The molecule has 4 heteroatoms. The summed E-state index contributed by atoms with van der Waals surface area (Å²) in [4.78, 5) is 13.3. The first-order valence-corrected chi connectivity index (χ1v) is 7.41. The summed E-state index contributed by atoms with van der Waals surface area (Å²) in [6.45, 7) is 2.67. The van der Waals surface area contributed by atoms with Gasteiger partial charge in [0.1, 0.15) is 0 Å². The number of carbonyl (C=O) groups is 1. The molecule has 0 amide bonds. The molecule has 108 valence electrons. The summed E-state index contributed by atoms with van der Waals surface area (Å²) in [6.07, 6.45) is 3.97. The van der Waals surface area contributed by atoms with Gasteiger partial charge in [-0.3, -0.25) is 4.79 Å². The average Bonchev–Trinajstić information content (AvgIpc) is 3.05. The fourth-order valence-electron chi connectivity index (χ4n) is 3.35. The number of nitrogens with zero attached hydrogens (tertiary/aromatic N) is 1. The number of fused-ring (bicyclic) bond motifs is 1. The minimum absolute atomic E-state index is 0.119. The monoisotopic (exact) mass is 275 g/mol. The number of aliphatic carboxylic acids is 1. The van der Waals surface area contributed by atoms with E-state index in [4.69, 9.17) is 9.84 Å². The first-order valence-electron chi connectivity index (χ1n) is 7.41. The fourth-order valence-corrected chi connectivity index (χ4v) is 3.35. The molecule has 20 heavy (non-hydrogen) atoms. The van der Waals surface area contributed by atoms with Crippen molar-refractivity contribution in [2.45, 2.75) is 37.7 Å². The van der Waals surface area contributed by atoms with Crippen LogP contribution in [-0.4, -0.2) is 36.9 Å². The Kier molecular flexibility index (Phi) is 3.92. The van der Waals surface area contributed by atoms with Crippen LogP contribution in [0.5, 0.6) is 0 Å². The SMILES string of the molecule is O=C(O)CC1CN(CCC2CCCO2)c2ccccc21. The van der Waals surface area contributed by atoms with Crippen LogP contribution in [0.4, 0.5) is 5.69 Å². The molecule has 2 aliphatic heterocycles. The first kappa shape index (κ1) is 13.4. The molecule has 0 saturated carbocycles. The molecular weight excluding hydrogens is 254 g/mol. The summed E-state index contributed by atoms with van der Waals surface area (Å²) < 4.78 is 5.67. The Hall–Kier alpha value is -1.55. The molecule has 1 aromatic rings. The van der Waals surface area contributed by atoms with Crippen LogP contribution in [0.3, 0.4) is 0 Å². The maximum absolute atomic E-state index is 11.0. The van der Waals surface area contributed by atoms with Crippen LogP contribution >= 0.6 is 0 Å². The van der Waals surface area contributed by atoms with Crippen molar-refractivity contribution in [1.82, 2.24) is 0 Å². The van der Waals surface area contributed by atoms with E-state index in [0.717, 1.165) is 32.5 Å². The molecule has 2 atom stereocenters. The lowest BCUT2D eigenvalue weighted by Crippen LogP contribution is -2.26. The Morgan fingerprint density at radius 3 is 3.00 bits per heavy atom. The maximum atomic E-state index is 11.0. The van der Waals surface area contributed by atoms with Gasteiger partial charge in [0.15, 0.2) is 0 Å². The van der Waals surface area contributed by atoms with Crippen LogP contribution in [0.25, 0.3) is 0 Å². The van der Waals surface area contributed by atoms with Gasteiger partial charge in [-0.1, -0.05) is 18.2 Å². The molecule has 1 saturated heterocycles. The van der Waals surface area contributed by atoms with Crippen LogP contribution in [0.15, 0.2) is 24.3 Å². The number of hydrogen-bond donors (Lipinski definition) is 1.